The van der Waals surface area contributed by atoms with Gasteiger partial charge < -0.3 is 19.5 Å². The first-order valence-electron chi connectivity index (χ1n) is 7.15. The molecule has 0 aliphatic carbocycles. The standard InChI is InChI=1S/C17H19NO3/c1-3-14(18-2)13-6-4-5-7-15(13)21-12-8-9-16-17(10-12)20-11-19-16/h4-10,14,18H,3,11H2,1-2H3. The molecule has 2 aromatic carbocycles. The summed E-state index contributed by atoms with van der Waals surface area (Å²) in [5.74, 6) is 3.10. The lowest BCUT2D eigenvalue weighted by molar-refractivity contribution is 0.174. The molecule has 1 heterocycles. The Bertz CT molecular complexity index is 623. The van der Waals surface area contributed by atoms with Gasteiger partial charge in [-0.25, -0.2) is 0 Å². The molecule has 1 aliphatic heterocycles. The van der Waals surface area contributed by atoms with Gasteiger partial charge in [-0.2, -0.15) is 0 Å². The number of nitrogens with one attached hydrogen (secondary N) is 1. The monoisotopic (exact) mass is 285 g/mol. The Kier molecular flexibility index (Phi) is 3.97. The summed E-state index contributed by atoms with van der Waals surface area (Å²) >= 11 is 0. The molecule has 4 heteroatoms. The van der Waals surface area contributed by atoms with E-state index < -0.39 is 0 Å². The Morgan fingerprint density at radius 1 is 1.14 bits per heavy atom. The molecule has 3 rings (SSSR count). The summed E-state index contributed by atoms with van der Waals surface area (Å²) in [7, 11) is 1.96. The van der Waals surface area contributed by atoms with E-state index in [4.69, 9.17) is 14.2 Å². The van der Waals surface area contributed by atoms with Crippen molar-refractivity contribution < 1.29 is 14.2 Å². The Hall–Kier alpha value is -2.20. The third-order valence-electron chi connectivity index (χ3n) is 3.62. The molecule has 1 atom stereocenters. The molecule has 0 saturated heterocycles. The van der Waals surface area contributed by atoms with Gasteiger partial charge in [0.25, 0.3) is 0 Å². The predicted octanol–water partition coefficient (Wildman–Crippen LogP) is 3.88. The molecule has 2 aromatic rings. The molecular weight excluding hydrogens is 266 g/mol. The minimum Gasteiger partial charge on any atom is -0.457 e. The minimum absolute atomic E-state index is 0.271. The van der Waals surface area contributed by atoms with E-state index in [2.05, 4.69) is 18.3 Å². The van der Waals surface area contributed by atoms with Crippen LogP contribution in [0.3, 0.4) is 0 Å². The van der Waals surface area contributed by atoms with Gasteiger partial charge >= 0.3 is 0 Å². The largest absolute Gasteiger partial charge is 0.457 e. The Morgan fingerprint density at radius 3 is 2.76 bits per heavy atom. The lowest BCUT2D eigenvalue weighted by atomic mass is 10.0. The molecule has 1 aliphatic rings. The van der Waals surface area contributed by atoms with Crippen LogP contribution < -0.4 is 19.5 Å². The van der Waals surface area contributed by atoms with Crippen LogP contribution in [0.5, 0.6) is 23.0 Å². The van der Waals surface area contributed by atoms with Crippen LogP contribution in [-0.2, 0) is 0 Å². The maximum absolute atomic E-state index is 6.04. The third kappa shape index (κ3) is 2.81. The van der Waals surface area contributed by atoms with Gasteiger partial charge in [0, 0.05) is 17.7 Å². The molecule has 21 heavy (non-hydrogen) atoms. The van der Waals surface area contributed by atoms with Crippen molar-refractivity contribution >= 4 is 0 Å². The van der Waals surface area contributed by atoms with Crippen LogP contribution in [0.1, 0.15) is 24.9 Å². The second-order valence-corrected chi connectivity index (χ2v) is 4.90. The average molecular weight is 285 g/mol. The zero-order chi connectivity index (χ0) is 14.7. The highest BCUT2D eigenvalue weighted by Crippen LogP contribution is 2.38. The van der Waals surface area contributed by atoms with Crippen LogP contribution in [0.25, 0.3) is 0 Å². The zero-order valence-corrected chi connectivity index (χ0v) is 12.3. The summed E-state index contributed by atoms with van der Waals surface area (Å²) in [6.07, 6.45) is 0.998. The maximum atomic E-state index is 6.04. The molecule has 1 N–H and O–H groups in total. The molecule has 0 fully saturated rings. The fourth-order valence-corrected chi connectivity index (χ4v) is 2.51. The van der Waals surface area contributed by atoms with E-state index in [1.54, 1.807) is 0 Å². The SMILES string of the molecule is CCC(NC)c1ccccc1Oc1ccc2c(c1)OCO2. The minimum atomic E-state index is 0.271. The Morgan fingerprint density at radius 2 is 1.95 bits per heavy atom. The van der Waals surface area contributed by atoms with Crippen molar-refractivity contribution in [1.29, 1.82) is 0 Å². The van der Waals surface area contributed by atoms with Gasteiger partial charge in [0.05, 0.1) is 0 Å². The molecule has 110 valence electrons. The molecule has 0 bridgehead atoms. The van der Waals surface area contributed by atoms with E-state index in [1.165, 1.54) is 0 Å². The summed E-state index contributed by atoms with van der Waals surface area (Å²) < 4.78 is 16.7. The number of hydrogen-bond acceptors (Lipinski definition) is 4. The topological polar surface area (TPSA) is 39.7 Å². The summed E-state index contributed by atoms with van der Waals surface area (Å²) in [5, 5.41) is 3.31. The highest BCUT2D eigenvalue weighted by atomic mass is 16.7. The lowest BCUT2D eigenvalue weighted by Crippen LogP contribution is -2.15. The smallest absolute Gasteiger partial charge is 0.231 e. The summed E-state index contributed by atoms with van der Waals surface area (Å²) in [6, 6.07) is 14.0. The van der Waals surface area contributed by atoms with Gasteiger partial charge in [-0.3, -0.25) is 0 Å². The molecule has 0 spiro atoms. The highest BCUT2D eigenvalue weighted by molar-refractivity contribution is 5.49. The Balaban J connectivity index is 1.88. The summed E-state index contributed by atoms with van der Waals surface area (Å²) in [4.78, 5) is 0. The van der Waals surface area contributed by atoms with Crippen LogP contribution in [0, 0.1) is 0 Å². The fourth-order valence-electron chi connectivity index (χ4n) is 2.51. The van der Waals surface area contributed by atoms with Gasteiger partial charge in [-0.15, -0.1) is 0 Å². The second-order valence-electron chi connectivity index (χ2n) is 4.90. The van der Waals surface area contributed by atoms with Crippen LogP contribution in [0.2, 0.25) is 0 Å². The van der Waals surface area contributed by atoms with E-state index in [9.17, 15) is 0 Å². The summed E-state index contributed by atoms with van der Waals surface area (Å²) in [6.45, 7) is 2.42. The van der Waals surface area contributed by atoms with E-state index in [1.807, 2.05) is 43.4 Å². The first kappa shape index (κ1) is 13.8. The first-order valence-corrected chi connectivity index (χ1v) is 7.15. The van der Waals surface area contributed by atoms with E-state index >= 15 is 0 Å². The van der Waals surface area contributed by atoms with Crippen LogP contribution >= 0.6 is 0 Å². The van der Waals surface area contributed by atoms with Gasteiger partial charge in [-0.1, -0.05) is 25.1 Å². The predicted molar refractivity (Wildman–Crippen MR) is 81.2 cm³/mol. The second kappa shape index (κ2) is 6.06. The van der Waals surface area contributed by atoms with Crippen molar-refractivity contribution in [3.05, 3.63) is 48.0 Å². The normalized spacial score (nSPS) is 14.0. The number of rotatable bonds is 5. The molecule has 0 radical (unpaired) electrons. The number of hydrogen-bond donors (Lipinski definition) is 1. The van der Waals surface area contributed by atoms with Crippen LogP contribution in [-0.4, -0.2) is 13.8 Å². The number of ether oxygens (including phenoxy) is 3. The quantitative estimate of drug-likeness (QED) is 0.905. The van der Waals surface area contributed by atoms with Crippen LogP contribution in [0.4, 0.5) is 0 Å². The van der Waals surface area contributed by atoms with Crippen molar-refractivity contribution in [1.82, 2.24) is 5.32 Å². The highest BCUT2D eigenvalue weighted by Gasteiger charge is 2.16. The molecule has 0 aromatic heterocycles. The fraction of sp³-hybridized carbons (Fsp3) is 0.294. The molecular formula is C17H19NO3. The van der Waals surface area contributed by atoms with E-state index in [0.717, 1.165) is 35.0 Å². The van der Waals surface area contributed by atoms with Crippen molar-refractivity contribution in [2.75, 3.05) is 13.8 Å². The number of fused-ring (bicyclic) bond motifs is 1. The number of benzene rings is 2. The first-order chi connectivity index (χ1) is 10.3. The number of para-hydroxylation sites is 1. The third-order valence-corrected chi connectivity index (χ3v) is 3.62. The van der Waals surface area contributed by atoms with Gasteiger partial charge in [0.1, 0.15) is 11.5 Å². The lowest BCUT2D eigenvalue weighted by Gasteiger charge is -2.18. The van der Waals surface area contributed by atoms with Crippen molar-refractivity contribution in [2.45, 2.75) is 19.4 Å². The van der Waals surface area contributed by atoms with Crippen molar-refractivity contribution in [3.8, 4) is 23.0 Å². The Labute approximate surface area is 124 Å². The summed E-state index contributed by atoms with van der Waals surface area (Å²) in [5.41, 5.74) is 1.15. The van der Waals surface area contributed by atoms with Gasteiger partial charge in [-0.05, 0) is 31.7 Å². The maximum Gasteiger partial charge on any atom is 0.231 e. The van der Waals surface area contributed by atoms with E-state index in [0.29, 0.717) is 0 Å². The molecule has 1 unspecified atom stereocenters. The average Bonchev–Trinajstić information content (AvgIpc) is 2.98. The van der Waals surface area contributed by atoms with Gasteiger partial charge in [0.2, 0.25) is 6.79 Å². The van der Waals surface area contributed by atoms with E-state index in [-0.39, 0.29) is 12.8 Å². The molecule has 0 saturated carbocycles. The van der Waals surface area contributed by atoms with Gasteiger partial charge in [0.15, 0.2) is 11.5 Å². The van der Waals surface area contributed by atoms with Crippen LogP contribution in [0.15, 0.2) is 42.5 Å². The molecule has 4 nitrogen and oxygen atoms in total. The molecule has 0 amide bonds. The van der Waals surface area contributed by atoms with Crippen molar-refractivity contribution in [2.24, 2.45) is 0 Å². The van der Waals surface area contributed by atoms with Crippen molar-refractivity contribution in [3.63, 3.8) is 0 Å². The zero-order valence-electron chi connectivity index (χ0n) is 12.3.